The van der Waals surface area contributed by atoms with Gasteiger partial charge in [0.1, 0.15) is 10.7 Å². The summed E-state index contributed by atoms with van der Waals surface area (Å²) in [5.74, 6) is -0.294. The molecule has 202 valence electrons. The molecule has 39 heavy (non-hydrogen) atoms. The zero-order valence-corrected chi connectivity index (χ0v) is 24.2. The molecule has 0 atom stereocenters. The van der Waals surface area contributed by atoms with Crippen LogP contribution in [0.3, 0.4) is 0 Å². The van der Waals surface area contributed by atoms with Crippen LogP contribution in [0.1, 0.15) is 37.6 Å². The van der Waals surface area contributed by atoms with Crippen LogP contribution < -0.4 is 0 Å². The summed E-state index contributed by atoms with van der Waals surface area (Å²) < 4.78 is 2.70. The quantitative estimate of drug-likeness (QED) is 0.251. The Morgan fingerprint density at radius 1 is 1.10 bits per heavy atom. The minimum Gasteiger partial charge on any atom is -0.481 e. The fraction of sp³-hybridized carbons (Fsp3) is 0.276. The lowest BCUT2D eigenvalue weighted by Gasteiger charge is -2.13. The Morgan fingerprint density at radius 3 is 2.36 bits per heavy atom. The molecule has 0 radical (unpaired) electrons. The Labute approximate surface area is 236 Å². The summed E-state index contributed by atoms with van der Waals surface area (Å²) in [6.07, 6.45) is 3.40. The number of aromatic nitrogens is 5. The molecule has 0 aliphatic carbocycles. The smallest absolute Gasteiger partial charge is 0.307 e. The second-order valence-corrected chi connectivity index (χ2v) is 11.6. The van der Waals surface area contributed by atoms with Crippen LogP contribution in [-0.2, 0) is 18.3 Å². The van der Waals surface area contributed by atoms with Gasteiger partial charge in [-0.3, -0.25) is 9.48 Å². The average Bonchev–Trinajstić information content (AvgIpc) is 3.42. The highest BCUT2D eigenvalue weighted by molar-refractivity contribution is 7.22. The Bertz CT molecular complexity index is 1650. The van der Waals surface area contributed by atoms with Gasteiger partial charge in [-0.1, -0.05) is 23.7 Å². The van der Waals surface area contributed by atoms with E-state index >= 15 is 0 Å². The van der Waals surface area contributed by atoms with E-state index in [1.165, 1.54) is 11.3 Å². The Kier molecular flexibility index (Phi) is 8.15. The third-order valence-electron chi connectivity index (χ3n) is 5.82. The van der Waals surface area contributed by atoms with E-state index in [0.717, 1.165) is 48.7 Å². The van der Waals surface area contributed by atoms with Crippen molar-refractivity contribution in [3.05, 3.63) is 70.6 Å². The van der Waals surface area contributed by atoms with Crippen molar-refractivity contribution in [3.63, 3.8) is 0 Å². The van der Waals surface area contributed by atoms with Crippen molar-refractivity contribution in [2.24, 2.45) is 7.05 Å². The number of rotatable bonds is 5. The number of nitrogens with zero attached hydrogens (tertiary/aromatic N) is 5. The van der Waals surface area contributed by atoms with Gasteiger partial charge in [0, 0.05) is 29.5 Å². The third kappa shape index (κ3) is 6.68. The highest BCUT2D eigenvalue weighted by atomic mass is 35.5. The van der Waals surface area contributed by atoms with Crippen LogP contribution >= 0.6 is 22.9 Å². The molecule has 0 bridgehead atoms. The van der Waals surface area contributed by atoms with E-state index in [2.05, 4.69) is 10.1 Å². The number of carbonyl (C=O) groups is 1. The first-order valence-corrected chi connectivity index (χ1v) is 13.5. The molecule has 10 heteroatoms. The first-order chi connectivity index (χ1) is 18.3. The number of thiazole rings is 1. The van der Waals surface area contributed by atoms with E-state index in [1.807, 2.05) is 57.3 Å². The molecule has 0 aliphatic heterocycles. The minimum absolute atomic E-state index is 0.0785. The summed E-state index contributed by atoms with van der Waals surface area (Å²) in [5.41, 5.74) is 6.27. The second kappa shape index (κ2) is 11.2. The lowest BCUT2D eigenvalue weighted by molar-refractivity contribution is -0.136. The molecule has 0 unspecified atom stereocenters. The summed E-state index contributed by atoms with van der Waals surface area (Å²) in [6, 6.07) is 11.2. The summed E-state index contributed by atoms with van der Waals surface area (Å²) in [5, 5.41) is 23.7. The van der Waals surface area contributed by atoms with Gasteiger partial charge in [-0.2, -0.15) is 5.10 Å². The van der Waals surface area contributed by atoms with Crippen LogP contribution in [0.5, 0.6) is 0 Å². The van der Waals surface area contributed by atoms with E-state index in [0.29, 0.717) is 16.5 Å². The van der Waals surface area contributed by atoms with Gasteiger partial charge in [-0.25, -0.2) is 15.0 Å². The number of halogens is 1. The molecule has 0 aliphatic rings. The number of fused-ring (bicyclic) bond motifs is 1. The third-order valence-corrected chi connectivity index (χ3v) is 7.19. The van der Waals surface area contributed by atoms with Crippen molar-refractivity contribution in [1.29, 1.82) is 0 Å². The maximum absolute atomic E-state index is 11.7. The van der Waals surface area contributed by atoms with E-state index < -0.39 is 11.6 Å². The van der Waals surface area contributed by atoms with Gasteiger partial charge in [0.25, 0.3) is 0 Å². The summed E-state index contributed by atoms with van der Waals surface area (Å²) in [6.45, 7) is 9.12. The van der Waals surface area contributed by atoms with Crippen molar-refractivity contribution >= 4 is 39.1 Å². The molecular formula is C29H30ClN5O3S. The van der Waals surface area contributed by atoms with Crippen molar-refractivity contribution in [3.8, 4) is 33.2 Å². The van der Waals surface area contributed by atoms with Crippen molar-refractivity contribution in [2.75, 3.05) is 0 Å². The fourth-order valence-corrected chi connectivity index (χ4v) is 5.21. The van der Waals surface area contributed by atoms with E-state index in [-0.39, 0.29) is 6.42 Å². The van der Waals surface area contributed by atoms with Gasteiger partial charge in [0.15, 0.2) is 5.82 Å². The number of hydrogen-bond acceptors (Lipinski definition) is 7. The molecular weight excluding hydrogens is 534 g/mol. The number of aryl methyl sites for hydroxylation is 2. The summed E-state index contributed by atoms with van der Waals surface area (Å²) in [7, 11) is 1.88. The van der Waals surface area contributed by atoms with Crippen molar-refractivity contribution < 1.29 is 15.0 Å². The number of carboxylic acid groups (broad SMARTS) is 1. The Morgan fingerprint density at radius 2 is 1.77 bits per heavy atom. The topological polar surface area (TPSA) is 114 Å². The largest absolute Gasteiger partial charge is 0.481 e. The normalized spacial score (nSPS) is 11.4. The number of hydrogen-bond donors (Lipinski definition) is 2. The highest BCUT2D eigenvalue weighted by Crippen LogP contribution is 2.41. The predicted molar refractivity (Wildman–Crippen MR) is 156 cm³/mol. The molecule has 5 aromatic rings. The predicted octanol–water partition coefficient (Wildman–Crippen LogP) is 6.50. The number of benzene rings is 2. The maximum atomic E-state index is 11.7. The van der Waals surface area contributed by atoms with E-state index in [4.69, 9.17) is 26.7 Å². The molecule has 0 amide bonds. The average molecular weight is 564 g/mol. The Hall–Kier alpha value is -3.66. The van der Waals surface area contributed by atoms with Crippen LogP contribution in [0, 0.1) is 13.8 Å². The van der Waals surface area contributed by atoms with Crippen LogP contribution in [0.4, 0.5) is 0 Å². The van der Waals surface area contributed by atoms with Crippen molar-refractivity contribution in [2.45, 2.75) is 46.6 Å². The van der Waals surface area contributed by atoms with Crippen LogP contribution in [0.25, 0.3) is 43.4 Å². The highest BCUT2D eigenvalue weighted by Gasteiger charge is 2.20. The maximum Gasteiger partial charge on any atom is 0.307 e. The molecule has 0 saturated heterocycles. The molecule has 3 aromatic heterocycles. The molecule has 2 N–H and O–H groups in total. The van der Waals surface area contributed by atoms with Gasteiger partial charge < -0.3 is 10.2 Å². The van der Waals surface area contributed by atoms with Gasteiger partial charge in [0.05, 0.1) is 34.0 Å². The number of carboxylic acids is 1. The zero-order valence-electron chi connectivity index (χ0n) is 22.7. The van der Waals surface area contributed by atoms with Crippen molar-refractivity contribution in [1.82, 2.24) is 24.7 Å². The lowest BCUT2D eigenvalue weighted by atomic mass is 9.93. The number of aliphatic carboxylic acids is 1. The molecule has 8 nitrogen and oxygen atoms in total. The summed E-state index contributed by atoms with van der Waals surface area (Å²) >= 11 is 7.60. The van der Waals surface area contributed by atoms with E-state index in [9.17, 15) is 9.90 Å². The van der Waals surface area contributed by atoms with Crippen LogP contribution in [0.15, 0.2) is 48.8 Å². The number of aliphatic hydroxyl groups is 1. The van der Waals surface area contributed by atoms with Crippen LogP contribution in [0.2, 0.25) is 5.02 Å². The van der Waals surface area contributed by atoms with Gasteiger partial charge in [-0.05, 0) is 75.6 Å². The van der Waals surface area contributed by atoms with Gasteiger partial charge in [-0.15, -0.1) is 11.3 Å². The standard InChI is InChI=1S/C25H20ClN5O2S.C4H10O/c1-13-10-20-23(22(17(13)11-21(32)33)15-4-6-16(26)7-5-15)34-25(30-20)19-8-9-27-24(29-19)18-12-28-31(3)14(18)2;1-4(2,3)5/h4-10,12H,11H2,1-3H3,(H,32,33);5H,1-3H3. The first-order valence-electron chi connectivity index (χ1n) is 12.3. The summed E-state index contributed by atoms with van der Waals surface area (Å²) in [4.78, 5) is 25.7. The second-order valence-electron chi connectivity index (χ2n) is 10.2. The SMILES string of the molecule is CC(C)(C)O.Cc1cc2nc(-c3ccnc(-c4cnn(C)c4C)n3)sc2c(-c2ccc(Cl)cc2)c1CC(=O)O. The van der Waals surface area contributed by atoms with E-state index in [1.54, 1.807) is 37.8 Å². The Balaban J connectivity index is 0.000000648. The zero-order chi connectivity index (χ0) is 28.5. The molecule has 0 saturated carbocycles. The van der Waals surface area contributed by atoms with Gasteiger partial charge in [0.2, 0.25) is 0 Å². The lowest BCUT2D eigenvalue weighted by Crippen LogP contribution is -2.10. The minimum atomic E-state index is -0.880. The molecule has 5 rings (SSSR count). The monoisotopic (exact) mass is 563 g/mol. The van der Waals surface area contributed by atoms with Gasteiger partial charge >= 0.3 is 5.97 Å². The molecule has 3 heterocycles. The fourth-order valence-electron chi connectivity index (χ4n) is 3.97. The molecule has 0 fully saturated rings. The molecule has 0 spiro atoms. The molecule has 2 aromatic carbocycles. The first kappa shape index (κ1) is 28.4. The van der Waals surface area contributed by atoms with Crippen LogP contribution in [-0.4, -0.2) is 46.5 Å².